The number of pyridine rings is 1. The molecular weight excluding hydrogens is 446 g/mol. The Morgan fingerprint density at radius 3 is 2.26 bits per heavy atom. The fraction of sp³-hybridized carbons (Fsp3) is 0.370. The quantitative estimate of drug-likeness (QED) is 0.391. The average Bonchev–Trinajstić information content (AvgIpc) is 3.02. The molecule has 2 aromatic heterocycles. The van der Waals surface area contributed by atoms with E-state index in [2.05, 4.69) is 31.3 Å². The van der Waals surface area contributed by atoms with Crippen LogP contribution in [0.25, 0.3) is 11.1 Å². The van der Waals surface area contributed by atoms with Gasteiger partial charge >= 0.3 is 5.97 Å². The van der Waals surface area contributed by atoms with E-state index in [1.54, 1.807) is 6.92 Å². The van der Waals surface area contributed by atoms with Crippen molar-refractivity contribution in [3.63, 3.8) is 0 Å². The third-order valence-corrected chi connectivity index (χ3v) is 6.93. The standard InChI is InChI=1S/C27H33N3O3S/c1-14(2)11-22-21(13-28)25(19-9-7-15(3)8-10-19)20(16(4)29-22)12-23(31)30-26-18(6)34-17(5)24(26)27(32)33/h7-10,14H,11-13,28H2,1-6H3,(H,30,31)(H,32,33). The van der Waals surface area contributed by atoms with Gasteiger partial charge in [0.1, 0.15) is 0 Å². The maximum absolute atomic E-state index is 13.2. The minimum absolute atomic E-state index is 0.0738. The number of nitrogens with one attached hydrogen (secondary N) is 1. The second-order valence-corrected chi connectivity index (χ2v) is 10.6. The molecule has 2 heterocycles. The Bertz CT molecular complexity index is 1230. The number of carbonyl (C=O) groups is 2. The van der Waals surface area contributed by atoms with Crippen molar-refractivity contribution in [2.45, 2.75) is 60.9 Å². The summed E-state index contributed by atoms with van der Waals surface area (Å²) in [6.07, 6.45) is 0.873. The first kappa shape index (κ1) is 25.6. The topological polar surface area (TPSA) is 105 Å². The van der Waals surface area contributed by atoms with Gasteiger partial charge in [0.2, 0.25) is 5.91 Å². The minimum atomic E-state index is -1.04. The fourth-order valence-electron chi connectivity index (χ4n) is 4.34. The Morgan fingerprint density at radius 2 is 1.71 bits per heavy atom. The fourth-order valence-corrected chi connectivity index (χ4v) is 5.35. The lowest BCUT2D eigenvalue weighted by molar-refractivity contribution is -0.115. The van der Waals surface area contributed by atoms with Gasteiger partial charge in [-0.15, -0.1) is 11.3 Å². The highest BCUT2D eigenvalue weighted by Crippen LogP contribution is 2.35. The summed E-state index contributed by atoms with van der Waals surface area (Å²) in [5.74, 6) is -0.906. The number of aryl methyl sites for hydroxylation is 4. The van der Waals surface area contributed by atoms with Crippen molar-refractivity contribution in [2.24, 2.45) is 11.7 Å². The zero-order valence-corrected chi connectivity index (χ0v) is 21.5. The molecule has 3 rings (SSSR count). The minimum Gasteiger partial charge on any atom is -0.478 e. The molecule has 0 fully saturated rings. The summed E-state index contributed by atoms with van der Waals surface area (Å²) < 4.78 is 0. The van der Waals surface area contributed by atoms with Crippen LogP contribution in [0.4, 0.5) is 5.69 Å². The monoisotopic (exact) mass is 479 g/mol. The second kappa shape index (κ2) is 10.5. The maximum Gasteiger partial charge on any atom is 0.338 e. The molecule has 4 N–H and O–H groups in total. The molecule has 0 aliphatic carbocycles. The normalized spacial score (nSPS) is 11.2. The molecule has 34 heavy (non-hydrogen) atoms. The van der Waals surface area contributed by atoms with Crippen LogP contribution in [0.3, 0.4) is 0 Å². The summed E-state index contributed by atoms with van der Waals surface area (Å²) in [6, 6.07) is 8.21. The first-order valence-electron chi connectivity index (χ1n) is 11.4. The smallest absolute Gasteiger partial charge is 0.338 e. The summed E-state index contributed by atoms with van der Waals surface area (Å²) in [7, 11) is 0. The van der Waals surface area contributed by atoms with Gasteiger partial charge in [0.25, 0.3) is 0 Å². The van der Waals surface area contributed by atoms with E-state index in [4.69, 9.17) is 10.7 Å². The maximum atomic E-state index is 13.2. The Kier molecular flexibility index (Phi) is 7.89. The summed E-state index contributed by atoms with van der Waals surface area (Å²) in [5, 5.41) is 12.5. The van der Waals surface area contributed by atoms with Gasteiger partial charge in [-0.2, -0.15) is 0 Å². The number of rotatable bonds is 8. The number of hydrogen-bond acceptors (Lipinski definition) is 5. The number of aromatic nitrogens is 1. The molecule has 3 aromatic rings. The lowest BCUT2D eigenvalue weighted by Crippen LogP contribution is -2.20. The van der Waals surface area contributed by atoms with Crippen LogP contribution in [0.15, 0.2) is 24.3 Å². The van der Waals surface area contributed by atoms with Crippen molar-refractivity contribution < 1.29 is 14.7 Å². The van der Waals surface area contributed by atoms with Crippen LogP contribution in [-0.2, 0) is 24.2 Å². The molecule has 0 aliphatic rings. The van der Waals surface area contributed by atoms with Crippen LogP contribution in [0.5, 0.6) is 0 Å². The van der Waals surface area contributed by atoms with Crippen molar-refractivity contribution >= 4 is 28.9 Å². The van der Waals surface area contributed by atoms with Gasteiger partial charge < -0.3 is 16.2 Å². The number of amides is 1. The number of nitrogens with zero attached hydrogens (tertiary/aromatic N) is 1. The van der Waals surface area contributed by atoms with E-state index in [1.165, 1.54) is 11.3 Å². The molecule has 6 nitrogen and oxygen atoms in total. The van der Waals surface area contributed by atoms with Crippen LogP contribution in [0, 0.1) is 33.6 Å². The zero-order chi connectivity index (χ0) is 25.2. The molecule has 0 atom stereocenters. The average molecular weight is 480 g/mol. The number of carboxylic acid groups (broad SMARTS) is 1. The largest absolute Gasteiger partial charge is 0.478 e. The molecule has 180 valence electrons. The lowest BCUT2D eigenvalue weighted by Gasteiger charge is -2.21. The van der Waals surface area contributed by atoms with E-state index in [-0.39, 0.29) is 17.9 Å². The number of nitrogens with two attached hydrogens (primary N) is 1. The molecule has 0 aliphatic heterocycles. The number of carboxylic acids is 1. The molecule has 0 spiro atoms. The number of carbonyl (C=O) groups excluding carboxylic acids is 1. The number of thiophene rings is 1. The third-order valence-electron chi connectivity index (χ3n) is 5.91. The van der Waals surface area contributed by atoms with Gasteiger partial charge in [-0.25, -0.2) is 4.79 Å². The summed E-state index contributed by atoms with van der Waals surface area (Å²) >= 11 is 1.37. The number of aromatic carboxylic acids is 1. The molecular formula is C27H33N3O3S. The van der Waals surface area contributed by atoms with Gasteiger partial charge in [0.05, 0.1) is 17.7 Å². The van der Waals surface area contributed by atoms with Gasteiger partial charge in [-0.1, -0.05) is 43.7 Å². The molecule has 0 radical (unpaired) electrons. The SMILES string of the molecule is Cc1ccc(-c2c(CC(=O)Nc3c(C)sc(C)c3C(=O)O)c(C)nc(CC(C)C)c2CN)cc1. The van der Waals surface area contributed by atoms with Gasteiger partial charge in [0, 0.05) is 27.7 Å². The number of anilines is 1. The van der Waals surface area contributed by atoms with E-state index in [0.717, 1.165) is 50.5 Å². The van der Waals surface area contributed by atoms with E-state index < -0.39 is 5.97 Å². The molecule has 0 saturated heterocycles. The molecule has 0 bridgehead atoms. The van der Waals surface area contributed by atoms with Crippen LogP contribution in [0.2, 0.25) is 0 Å². The van der Waals surface area contributed by atoms with Crippen molar-refractivity contribution in [1.29, 1.82) is 0 Å². The van der Waals surface area contributed by atoms with Crippen LogP contribution in [0.1, 0.15) is 62.0 Å². The Morgan fingerprint density at radius 1 is 1.06 bits per heavy atom. The number of benzene rings is 1. The van der Waals surface area contributed by atoms with Crippen molar-refractivity contribution in [1.82, 2.24) is 4.98 Å². The van der Waals surface area contributed by atoms with E-state index in [1.807, 2.05) is 32.9 Å². The third kappa shape index (κ3) is 5.37. The summed E-state index contributed by atoms with van der Waals surface area (Å²) in [5.41, 5.74) is 13.4. The van der Waals surface area contributed by atoms with E-state index >= 15 is 0 Å². The van der Waals surface area contributed by atoms with Crippen molar-refractivity contribution in [3.05, 3.63) is 67.7 Å². The molecule has 1 amide bonds. The van der Waals surface area contributed by atoms with Crippen molar-refractivity contribution in [3.8, 4) is 11.1 Å². The first-order chi connectivity index (χ1) is 16.0. The second-order valence-electron chi connectivity index (χ2n) is 9.14. The Hall–Kier alpha value is -3.03. The van der Waals surface area contributed by atoms with Gasteiger partial charge in [0.15, 0.2) is 0 Å². The summed E-state index contributed by atoms with van der Waals surface area (Å²) in [4.78, 5) is 31.3. The highest BCUT2D eigenvalue weighted by atomic mass is 32.1. The van der Waals surface area contributed by atoms with Gasteiger partial charge in [-0.3, -0.25) is 9.78 Å². The zero-order valence-electron chi connectivity index (χ0n) is 20.7. The van der Waals surface area contributed by atoms with Gasteiger partial charge in [-0.05, 0) is 62.3 Å². The lowest BCUT2D eigenvalue weighted by atomic mass is 9.88. The molecule has 0 saturated carbocycles. The van der Waals surface area contributed by atoms with Crippen LogP contribution in [-0.4, -0.2) is 22.0 Å². The van der Waals surface area contributed by atoms with Crippen LogP contribution < -0.4 is 11.1 Å². The van der Waals surface area contributed by atoms with Crippen molar-refractivity contribution in [2.75, 3.05) is 5.32 Å². The molecule has 1 aromatic carbocycles. The Balaban J connectivity index is 2.10. The highest BCUT2D eigenvalue weighted by molar-refractivity contribution is 7.12. The predicted molar refractivity (Wildman–Crippen MR) is 139 cm³/mol. The van der Waals surface area contributed by atoms with E-state index in [0.29, 0.717) is 23.0 Å². The molecule has 7 heteroatoms. The van der Waals surface area contributed by atoms with Crippen LogP contribution >= 0.6 is 11.3 Å². The number of hydrogen-bond donors (Lipinski definition) is 3. The highest BCUT2D eigenvalue weighted by Gasteiger charge is 2.24. The van der Waals surface area contributed by atoms with E-state index in [9.17, 15) is 14.7 Å². The predicted octanol–water partition coefficient (Wildman–Crippen LogP) is 5.58. The summed E-state index contributed by atoms with van der Waals surface area (Å²) in [6.45, 7) is 12.1. The molecule has 0 unspecified atom stereocenters. The Labute approximate surface area is 205 Å². The first-order valence-corrected chi connectivity index (χ1v) is 12.3.